The SMILES string of the molecule is Nc1nc(/C(=N/OC2(C(=O)O)CC2)C(=O)N[C@@H]2C(=O)N3C[C@H](N4CCN(NC(=O)C(=O)NCCNC(=O)c5ccc(O)c(O)c5Cl)C4=O)S[C@H]23)ns1. The zero-order chi connectivity index (χ0) is 37.5. The predicted octanol–water partition coefficient (Wildman–Crippen LogP) is -2.44. The maximum absolute atomic E-state index is 13.2. The van der Waals surface area contributed by atoms with Crippen LogP contribution in [-0.4, -0.2) is 142 Å². The molecule has 1 aromatic heterocycles. The number of urea groups is 1. The van der Waals surface area contributed by atoms with E-state index in [9.17, 15) is 48.9 Å². The molecule has 4 fully saturated rings. The molecule has 7 amide bonds. The molecular formula is C27H28ClN11O11S2. The van der Waals surface area contributed by atoms with E-state index >= 15 is 0 Å². The summed E-state index contributed by atoms with van der Waals surface area (Å²) >= 11 is 7.84. The number of hydrazine groups is 1. The van der Waals surface area contributed by atoms with Crippen LogP contribution in [0.4, 0.5) is 9.93 Å². The molecule has 52 heavy (non-hydrogen) atoms. The second-order valence-electron chi connectivity index (χ2n) is 11.6. The number of carboxylic acids is 1. The topological polar surface area (TPSA) is 311 Å². The van der Waals surface area contributed by atoms with Crippen molar-refractivity contribution in [3.8, 4) is 11.5 Å². The van der Waals surface area contributed by atoms with Gasteiger partial charge in [0, 0.05) is 44.0 Å². The van der Waals surface area contributed by atoms with Crippen LogP contribution < -0.4 is 27.1 Å². The number of carbonyl (C=O) groups is 7. The number of amides is 7. The number of nitrogens with zero attached hydrogens (tertiary/aromatic N) is 6. The maximum atomic E-state index is 13.2. The second kappa shape index (κ2) is 14.2. The Morgan fingerprint density at radius 2 is 1.79 bits per heavy atom. The van der Waals surface area contributed by atoms with Gasteiger partial charge in [0.05, 0.1) is 29.0 Å². The van der Waals surface area contributed by atoms with Gasteiger partial charge >= 0.3 is 23.8 Å². The van der Waals surface area contributed by atoms with E-state index in [1.165, 1.54) is 27.6 Å². The molecule has 0 spiro atoms. The Bertz CT molecular complexity index is 1910. The highest BCUT2D eigenvalue weighted by atomic mass is 35.5. The van der Waals surface area contributed by atoms with Crippen molar-refractivity contribution in [1.82, 2.24) is 45.5 Å². The van der Waals surface area contributed by atoms with E-state index in [2.05, 4.69) is 35.9 Å². The Morgan fingerprint density at radius 3 is 2.46 bits per heavy atom. The lowest BCUT2D eigenvalue weighted by molar-refractivity contribution is -0.153. The Kier molecular flexibility index (Phi) is 9.87. The molecule has 1 aliphatic carbocycles. The van der Waals surface area contributed by atoms with Crippen LogP contribution in [0, 0.1) is 0 Å². The third-order valence-electron chi connectivity index (χ3n) is 8.22. The number of hydrogen-bond donors (Lipinski definition) is 8. The number of aromatic hydroxyl groups is 2. The highest BCUT2D eigenvalue weighted by molar-refractivity contribution is 8.00. The molecule has 0 bridgehead atoms. The van der Waals surface area contributed by atoms with Crippen LogP contribution in [0.1, 0.15) is 29.0 Å². The average Bonchev–Trinajstić information content (AvgIpc) is 3.42. The van der Waals surface area contributed by atoms with Crippen LogP contribution in [0.15, 0.2) is 17.3 Å². The minimum absolute atomic E-state index is 0.0125. The lowest BCUT2D eigenvalue weighted by Crippen LogP contribution is -2.68. The molecule has 1 aromatic carbocycles. The lowest BCUT2D eigenvalue weighted by Gasteiger charge is -2.41. The molecule has 0 radical (unpaired) electrons. The number of anilines is 1. The number of hydrogen-bond acceptors (Lipinski definition) is 16. The van der Waals surface area contributed by atoms with E-state index in [0.717, 1.165) is 22.6 Å². The summed E-state index contributed by atoms with van der Waals surface area (Å²) in [5.41, 5.74) is 5.70. The quantitative estimate of drug-likeness (QED) is 0.0277. The number of nitrogen functional groups attached to an aromatic ring is 1. The van der Waals surface area contributed by atoms with Crippen molar-refractivity contribution in [2.45, 2.75) is 35.2 Å². The number of nitrogens with one attached hydrogen (secondary N) is 4. The summed E-state index contributed by atoms with van der Waals surface area (Å²) in [6.45, 7) is -0.0378. The van der Waals surface area contributed by atoms with Crippen LogP contribution in [0.5, 0.6) is 11.5 Å². The van der Waals surface area contributed by atoms with Crippen molar-refractivity contribution in [1.29, 1.82) is 0 Å². The smallest absolute Gasteiger partial charge is 0.350 e. The van der Waals surface area contributed by atoms with Crippen LogP contribution >= 0.6 is 34.9 Å². The summed E-state index contributed by atoms with van der Waals surface area (Å²) in [5.74, 6) is -6.96. The van der Waals surface area contributed by atoms with Crippen LogP contribution in [0.25, 0.3) is 0 Å². The van der Waals surface area contributed by atoms with Gasteiger partial charge in [-0.3, -0.25) is 29.4 Å². The van der Waals surface area contributed by atoms with Gasteiger partial charge in [0.1, 0.15) is 11.4 Å². The first kappa shape index (κ1) is 36.2. The van der Waals surface area contributed by atoms with E-state index in [4.69, 9.17) is 22.2 Å². The van der Waals surface area contributed by atoms with Gasteiger partial charge in [-0.05, 0) is 12.1 Å². The molecule has 4 heterocycles. The van der Waals surface area contributed by atoms with Crippen LogP contribution in [0.3, 0.4) is 0 Å². The molecule has 3 atom stereocenters. The molecule has 9 N–H and O–H groups in total. The number of carboxylic acid groups (broad SMARTS) is 1. The standard InChI is InChI=1S/C27H28ClN11O11S2/c28-13-10(1-2-11(40)16(13)41)18(42)30-5-6-31-20(44)21(45)34-39-8-7-37(26(39)49)12-9-38-22(46)15(23(38)51-12)32-19(43)14(17-33-25(29)52-36-17)35-50-27(3-4-27)24(47)48/h1-2,12,15,23,40-41H,3-9H2,(H,30,42)(H,31,44)(H,32,43)(H,34,45)(H,47,48)(H2,29,33,36)/b35-14-/t12-,15-,23-/m1/s1. The molecule has 0 unspecified atom stereocenters. The first-order valence-electron chi connectivity index (χ1n) is 15.2. The van der Waals surface area contributed by atoms with Crippen molar-refractivity contribution in [2.24, 2.45) is 5.16 Å². The number of β-lactam (4-membered cyclic amide) rings is 1. The number of thioether (sulfide) groups is 1. The number of oxime groups is 1. The fraction of sp³-hybridized carbons (Fsp3) is 0.407. The van der Waals surface area contributed by atoms with Crippen molar-refractivity contribution in [3.05, 3.63) is 28.5 Å². The number of aromatic nitrogens is 2. The first-order chi connectivity index (χ1) is 24.7. The third kappa shape index (κ3) is 6.98. The summed E-state index contributed by atoms with van der Waals surface area (Å²) < 4.78 is 3.94. The van der Waals surface area contributed by atoms with Crippen molar-refractivity contribution < 1.29 is 53.7 Å². The minimum atomic E-state index is -1.57. The van der Waals surface area contributed by atoms with Gasteiger partial charge < -0.3 is 51.6 Å². The Labute approximate surface area is 304 Å². The van der Waals surface area contributed by atoms with Crippen molar-refractivity contribution in [3.63, 3.8) is 0 Å². The molecule has 22 nitrogen and oxygen atoms in total. The summed E-state index contributed by atoms with van der Waals surface area (Å²) in [4.78, 5) is 99.9. The zero-order valence-corrected chi connectivity index (χ0v) is 28.8. The average molecular weight is 782 g/mol. The van der Waals surface area contributed by atoms with Gasteiger partial charge in [0.2, 0.25) is 23.0 Å². The number of carbonyl (C=O) groups excluding carboxylic acids is 6. The molecule has 276 valence electrons. The third-order valence-corrected chi connectivity index (χ3v) is 10.7. The molecule has 4 aliphatic rings. The fourth-order valence-corrected chi connectivity index (χ4v) is 7.49. The molecule has 25 heteroatoms. The molecule has 2 aromatic rings. The molecule has 3 aliphatic heterocycles. The van der Waals surface area contributed by atoms with Crippen molar-refractivity contribution in [2.75, 3.05) is 38.5 Å². The molecular weight excluding hydrogens is 754 g/mol. The van der Waals surface area contributed by atoms with Crippen molar-refractivity contribution >= 4 is 87.3 Å². The molecule has 6 rings (SSSR count). The summed E-state index contributed by atoms with van der Waals surface area (Å²) in [6.07, 6.45) is 0.365. The fourth-order valence-electron chi connectivity index (χ4n) is 5.22. The normalized spacial score (nSPS) is 21.6. The van der Waals surface area contributed by atoms with Gasteiger partial charge in [-0.25, -0.2) is 14.6 Å². The van der Waals surface area contributed by atoms with E-state index in [-0.39, 0.29) is 67.1 Å². The number of benzene rings is 1. The van der Waals surface area contributed by atoms with Gasteiger partial charge in [-0.2, -0.15) is 9.36 Å². The van der Waals surface area contributed by atoms with E-state index in [0.29, 0.717) is 0 Å². The number of halogens is 1. The van der Waals surface area contributed by atoms with Gasteiger partial charge in [-0.15, -0.1) is 11.8 Å². The van der Waals surface area contributed by atoms with E-state index in [1.807, 2.05) is 0 Å². The maximum Gasteiger partial charge on any atom is 0.350 e. The van der Waals surface area contributed by atoms with E-state index < -0.39 is 81.1 Å². The Hall–Kier alpha value is -5.62. The predicted molar refractivity (Wildman–Crippen MR) is 177 cm³/mol. The van der Waals surface area contributed by atoms with Gasteiger partial charge in [0.15, 0.2) is 16.6 Å². The summed E-state index contributed by atoms with van der Waals surface area (Å²) in [7, 11) is 0. The summed E-state index contributed by atoms with van der Waals surface area (Å²) in [6, 6.07) is 0.590. The largest absolute Gasteiger partial charge is 0.504 e. The molecule has 1 saturated carbocycles. The number of nitrogens with two attached hydrogens (primary N) is 1. The van der Waals surface area contributed by atoms with Crippen LogP contribution in [0.2, 0.25) is 5.02 Å². The number of phenols is 2. The number of rotatable bonds is 12. The monoisotopic (exact) mass is 781 g/mol. The summed E-state index contributed by atoms with van der Waals surface area (Å²) in [5, 5.41) is 39.0. The number of phenolic OH excluding ortho intramolecular Hbond substituents is 2. The first-order valence-corrected chi connectivity index (χ1v) is 17.3. The Morgan fingerprint density at radius 1 is 1.06 bits per heavy atom. The van der Waals surface area contributed by atoms with Gasteiger partial charge in [-0.1, -0.05) is 16.8 Å². The zero-order valence-electron chi connectivity index (χ0n) is 26.4. The molecule has 3 saturated heterocycles. The van der Waals surface area contributed by atoms with E-state index in [1.54, 1.807) is 0 Å². The highest BCUT2D eigenvalue weighted by Crippen LogP contribution is 2.43. The lowest BCUT2D eigenvalue weighted by atomic mass is 10.1. The second-order valence-corrected chi connectivity index (χ2v) is 14.0. The number of aliphatic carboxylic acids is 1. The highest BCUT2D eigenvalue weighted by Gasteiger charge is 2.57. The van der Waals surface area contributed by atoms with Gasteiger partial charge in [0.25, 0.3) is 11.8 Å². The number of fused-ring (bicyclic) bond motifs is 1. The van der Waals surface area contributed by atoms with Crippen LogP contribution in [-0.2, 0) is 28.8 Å². The minimum Gasteiger partial charge on any atom is -0.504 e. The Balaban J connectivity index is 0.973.